The highest BCUT2D eigenvalue weighted by Gasteiger charge is 2.33. The van der Waals surface area contributed by atoms with Crippen molar-refractivity contribution in [1.82, 2.24) is 13.7 Å². The number of halogens is 10. The average molecular weight is 1510 g/mol. The molecule has 0 saturated carbocycles. The summed E-state index contributed by atoms with van der Waals surface area (Å²) in [6.07, 6.45) is -9.12. The van der Waals surface area contributed by atoms with Gasteiger partial charge in [0, 0.05) is 35.9 Å². The van der Waals surface area contributed by atoms with Gasteiger partial charge in [-0.15, -0.1) is 0 Å². The molecule has 0 aliphatic carbocycles. The summed E-state index contributed by atoms with van der Waals surface area (Å²) in [5.41, 5.74) is -3.25. The van der Waals surface area contributed by atoms with E-state index in [2.05, 4.69) is 0 Å². The first-order valence-electron chi connectivity index (χ1n) is 31.0. The summed E-state index contributed by atoms with van der Waals surface area (Å²) in [6, 6.07) is 52.2. The number of aromatic nitrogens is 3. The van der Waals surface area contributed by atoms with Crippen LogP contribution in [0.3, 0.4) is 0 Å². The van der Waals surface area contributed by atoms with Crippen LogP contribution in [0, 0.1) is 17.5 Å². The van der Waals surface area contributed by atoms with Gasteiger partial charge in [0.2, 0.25) is 0 Å². The molecule has 0 spiro atoms. The number of hydrogen-bond donors (Lipinski definition) is 3. The molecule has 105 heavy (non-hydrogen) atoms. The van der Waals surface area contributed by atoms with Crippen LogP contribution >= 0.6 is 46.9 Å². The van der Waals surface area contributed by atoms with Crippen LogP contribution in [0.25, 0.3) is 65.6 Å². The summed E-state index contributed by atoms with van der Waals surface area (Å²) >= 11 is 8.25. The Labute approximate surface area is 600 Å². The molecule has 9 aromatic carbocycles. The van der Waals surface area contributed by atoms with Gasteiger partial charge in [0.1, 0.15) is 48.3 Å². The molecule has 28 heteroatoms. The molecular formula is C77H45ClF9N3O12S3. The summed E-state index contributed by atoms with van der Waals surface area (Å²) in [5, 5.41) is 34.2. The number of para-hydroxylation sites is 3. The van der Waals surface area contributed by atoms with Crippen molar-refractivity contribution >= 4 is 113 Å². The van der Waals surface area contributed by atoms with Crippen LogP contribution < -0.4 is 33.6 Å². The van der Waals surface area contributed by atoms with E-state index < -0.39 is 90.8 Å². The van der Waals surface area contributed by atoms with Crippen molar-refractivity contribution in [2.45, 2.75) is 61.4 Å². The Morgan fingerprint density at radius 1 is 0.352 bits per heavy atom. The number of pyridine rings is 3. The maximum atomic E-state index is 13.5. The zero-order valence-corrected chi connectivity index (χ0v) is 56.5. The first kappa shape index (κ1) is 71.7. The van der Waals surface area contributed by atoms with Gasteiger partial charge in [-0.3, -0.25) is 14.4 Å². The SMILES string of the molecule is O=c1oc2c(c(O)c1Sc1ccc(C(F)(F)F)cc1)c(=O)n(Cc1ccc(F)cc1)c1ccccc21.O=c1oc2c(c(O)c1Sc1cccc(C(F)(F)F)c1)c(=O)n(Cc1ccc(F)cc1)c1ccccc21.O=c1oc2c(c(O)c1Sc1cccc(Cl)c1)c(=O)n(Cc1ccc(F)cc1)c1ccccc21. The number of aromatic hydroxyl groups is 3. The van der Waals surface area contributed by atoms with E-state index in [9.17, 15) is 83.6 Å². The third-order valence-corrected chi connectivity index (χ3v) is 19.8. The first-order chi connectivity index (χ1) is 50.2. The number of alkyl halides is 6. The smallest absolute Gasteiger partial charge is 0.416 e. The third kappa shape index (κ3) is 14.8. The Kier molecular flexibility index (Phi) is 20.0. The number of rotatable bonds is 12. The molecule has 0 aliphatic rings. The summed E-state index contributed by atoms with van der Waals surface area (Å²) < 4.78 is 139. The molecule has 15 nitrogen and oxygen atoms in total. The topological polar surface area (TPSA) is 217 Å². The lowest BCUT2D eigenvalue weighted by Crippen LogP contribution is -2.22. The molecule has 0 bridgehead atoms. The fourth-order valence-electron chi connectivity index (χ4n) is 11.5. The van der Waals surface area contributed by atoms with Gasteiger partial charge in [-0.2, -0.15) is 26.3 Å². The van der Waals surface area contributed by atoms with Crippen LogP contribution in [0.2, 0.25) is 5.02 Å². The van der Waals surface area contributed by atoms with E-state index >= 15 is 0 Å². The highest BCUT2D eigenvalue weighted by molar-refractivity contribution is 8.00. The van der Waals surface area contributed by atoms with Crippen LogP contribution in [0.4, 0.5) is 39.5 Å². The summed E-state index contributed by atoms with van der Waals surface area (Å²) in [5.74, 6) is -3.02. The summed E-state index contributed by atoms with van der Waals surface area (Å²) in [6.45, 7) is 0.227. The van der Waals surface area contributed by atoms with Crippen LogP contribution in [0.5, 0.6) is 17.2 Å². The van der Waals surface area contributed by atoms with E-state index in [4.69, 9.17) is 24.9 Å². The van der Waals surface area contributed by atoms with Crippen molar-refractivity contribution in [2.75, 3.05) is 0 Å². The lowest BCUT2D eigenvalue weighted by Gasteiger charge is -2.14. The fourth-order valence-corrected chi connectivity index (χ4v) is 14.4. The van der Waals surface area contributed by atoms with Gasteiger partial charge in [0.15, 0.2) is 34.0 Å². The first-order valence-corrected chi connectivity index (χ1v) is 33.8. The van der Waals surface area contributed by atoms with Crippen LogP contribution in [-0.4, -0.2) is 29.0 Å². The largest absolute Gasteiger partial charge is 0.505 e. The van der Waals surface area contributed by atoms with Crippen LogP contribution in [-0.2, 0) is 32.0 Å². The number of hydrogen-bond acceptors (Lipinski definition) is 15. The molecule has 528 valence electrons. The Hall–Kier alpha value is -11.7. The lowest BCUT2D eigenvalue weighted by atomic mass is 10.1. The third-order valence-electron chi connectivity index (χ3n) is 16.4. The van der Waals surface area contributed by atoms with E-state index in [-0.39, 0.29) is 77.9 Å². The second-order valence-corrected chi connectivity index (χ2v) is 26.9. The van der Waals surface area contributed by atoms with Gasteiger partial charge in [-0.05, 0) is 150 Å². The summed E-state index contributed by atoms with van der Waals surface area (Å²) in [4.78, 5) is 79.0. The van der Waals surface area contributed by atoms with E-state index in [0.29, 0.717) is 82.8 Å². The van der Waals surface area contributed by atoms with Gasteiger partial charge in [-0.1, -0.05) is 132 Å². The number of fused-ring (bicyclic) bond motifs is 9. The molecule has 0 fully saturated rings. The van der Waals surface area contributed by atoms with Gasteiger partial charge in [0.05, 0.1) is 47.3 Å². The molecule has 0 saturated heterocycles. The van der Waals surface area contributed by atoms with Crippen molar-refractivity contribution < 1.29 is 68.1 Å². The monoisotopic (exact) mass is 1510 g/mol. The zero-order valence-electron chi connectivity index (χ0n) is 53.3. The number of benzene rings is 9. The highest BCUT2D eigenvalue weighted by atomic mass is 35.5. The van der Waals surface area contributed by atoms with Crippen molar-refractivity contribution in [3.05, 3.63) is 331 Å². The minimum absolute atomic E-state index is 0.0175. The quantitative estimate of drug-likeness (QED) is 0.0765. The maximum Gasteiger partial charge on any atom is 0.416 e. The molecule has 15 rings (SSSR count). The molecule has 6 aromatic heterocycles. The van der Waals surface area contributed by atoms with E-state index in [1.54, 1.807) is 109 Å². The van der Waals surface area contributed by atoms with Gasteiger partial charge < -0.3 is 42.3 Å². The molecule has 15 aromatic rings. The molecule has 0 unspecified atom stereocenters. The minimum Gasteiger partial charge on any atom is -0.505 e. The summed E-state index contributed by atoms with van der Waals surface area (Å²) in [7, 11) is 0. The molecule has 0 radical (unpaired) electrons. The standard InChI is InChI=1S/2C26H15F4NO4S.C25H15ClFNO4S/c27-16-10-8-14(9-11-16)13-31-19-7-2-1-6-18(19)22-20(24(31)33)21(32)23(25(34)35-22)36-17-5-3-4-15(12-17)26(28,29)30;27-16-9-5-14(6-10-16)13-31-19-4-2-1-3-18(19)22-20(24(31)33)21(32)23(25(34)35-22)36-17-11-7-15(8-12-17)26(28,29)30;26-15-4-3-5-17(12-15)33-23-21(29)20-22(32-25(23)31)18-6-1-2-7-19(18)28(24(20)30)13-14-8-10-16(27)11-9-14/h2*1-12,32H,13H2;1-12,29H,13H2. The predicted octanol–water partition coefficient (Wildman–Crippen LogP) is 18.1. The molecule has 0 amide bonds. The molecule has 0 atom stereocenters. The Bertz CT molecular complexity index is 6330. The van der Waals surface area contributed by atoms with Crippen LogP contribution in [0.1, 0.15) is 27.8 Å². The van der Waals surface area contributed by atoms with Gasteiger partial charge in [0.25, 0.3) is 16.7 Å². The van der Waals surface area contributed by atoms with E-state index in [1.165, 1.54) is 86.5 Å². The minimum atomic E-state index is -4.60. The molecule has 6 heterocycles. The predicted molar refractivity (Wildman–Crippen MR) is 381 cm³/mol. The Morgan fingerprint density at radius 2 is 0.667 bits per heavy atom. The highest BCUT2D eigenvalue weighted by Crippen LogP contribution is 2.43. The van der Waals surface area contributed by atoms with Crippen molar-refractivity contribution in [3.8, 4) is 17.2 Å². The molecule has 0 aliphatic heterocycles. The van der Waals surface area contributed by atoms with Crippen molar-refractivity contribution in [2.24, 2.45) is 0 Å². The Morgan fingerprint density at radius 3 is 1.00 bits per heavy atom. The molecule has 3 N–H and O–H groups in total. The lowest BCUT2D eigenvalue weighted by molar-refractivity contribution is -0.138. The second kappa shape index (κ2) is 29.2. The fraction of sp³-hybridized carbons (Fsp3) is 0.0649. The van der Waals surface area contributed by atoms with Crippen molar-refractivity contribution in [1.29, 1.82) is 0 Å². The van der Waals surface area contributed by atoms with Gasteiger partial charge >= 0.3 is 29.2 Å². The molecular weight excluding hydrogens is 1460 g/mol. The number of nitrogens with zero attached hydrogens (tertiary/aromatic N) is 3. The van der Waals surface area contributed by atoms with E-state index in [1.807, 2.05) is 0 Å². The Balaban J connectivity index is 0.000000140. The van der Waals surface area contributed by atoms with E-state index in [0.717, 1.165) is 48.2 Å². The normalized spacial score (nSPS) is 11.7. The average Bonchev–Trinajstić information content (AvgIpc) is 0.748. The maximum absolute atomic E-state index is 13.5. The van der Waals surface area contributed by atoms with Gasteiger partial charge in [-0.25, -0.2) is 27.6 Å². The van der Waals surface area contributed by atoms with Crippen LogP contribution in [0.15, 0.2) is 290 Å². The zero-order chi connectivity index (χ0) is 74.3. The second-order valence-electron chi connectivity index (χ2n) is 23.2. The van der Waals surface area contributed by atoms with Crippen molar-refractivity contribution in [3.63, 3.8) is 0 Å².